The first-order chi connectivity index (χ1) is 6.49. The van der Waals surface area contributed by atoms with Gasteiger partial charge >= 0.3 is 5.97 Å². The van der Waals surface area contributed by atoms with Gasteiger partial charge in [0.15, 0.2) is 0 Å². The molecule has 1 N–H and O–H groups in total. The second-order valence-corrected chi connectivity index (χ2v) is 2.78. The quantitative estimate of drug-likeness (QED) is 0.308. The van der Waals surface area contributed by atoms with E-state index < -0.39 is 5.91 Å². The number of nitrogens with zero attached hydrogens (tertiary/aromatic N) is 1. The minimum atomic E-state index is -0.572. The highest BCUT2D eigenvalue weighted by molar-refractivity contribution is 5.91. The zero-order valence-corrected chi connectivity index (χ0v) is 8.45. The Labute approximate surface area is 82.9 Å². The second-order valence-electron chi connectivity index (χ2n) is 2.78. The molecule has 0 aromatic heterocycles. The maximum absolute atomic E-state index is 11.0. The van der Waals surface area contributed by atoms with Gasteiger partial charge in [0.05, 0.1) is 6.54 Å². The van der Waals surface area contributed by atoms with Crippen LogP contribution >= 0.6 is 0 Å². The van der Waals surface area contributed by atoms with Gasteiger partial charge in [0, 0.05) is 12.0 Å². The molecule has 0 saturated carbocycles. The van der Waals surface area contributed by atoms with Gasteiger partial charge in [-0.15, -0.1) is 0 Å². The molecule has 0 aromatic rings. The molecule has 0 heterocycles. The van der Waals surface area contributed by atoms with E-state index in [2.05, 4.69) is 11.3 Å². The van der Waals surface area contributed by atoms with E-state index >= 15 is 0 Å². The molecule has 1 amide bonds. The lowest BCUT2D eigenvalue weighted by atomic mass is 10.3. The van der Waals surface area contributed by atoms with E-state index in [-0.39, 0.29) is 31.1 Å². The number of ether oxygens (including phenoxy) is 1. The van der Waals surface area contributed by atoms with Crippen molar-refractivity contribution in [2.45, 2.75) is 20.3 Å². The third-order valence-corrected chi connectivity index (χ3v) is 1.45. The van der Waals surface area contributed by atoms with Gasteiger partial charge in [-0.25, -0.2) is 5.06 Å². The summed E-state index contributed by atoms with van der Waals surface area (Å²) in [4.78, 5) is 21.7. The molecule has 0 aliphatic carbocycles. The standard InChI is InChI=1S/C9H15NO4/c1-4-8(11)14-6-5-10(13)9(12)7(2)3/h13H,2,4-6H2,1,3H3. The third kappa shape index (κ3) is 4.61. The van der Waals surface area contributed by atoms with E-state index in [0.29, 0.717) is 5.06 Å². The molecule has 0 radical (unpaired) electrons. The molecule has 0 rings (SSSR count). The van der Waals surface area contributed by atoms with Crippen LogP contribution in [0.4, 0.5) is 0 Å². The molecule has 5 heteroatoms. The molecule has 0 fully saturated rings. The van der Waals surface area contributed by atoms with Crippen LogP contribution in [0.25, 0.3) is 0 Å². The lowest BCUT2D eigenvalue weighted by Crippen LogP contribution is -2.31. The average Bonchev–Trinajstić information content (AvgIpc) is 2.15. The molecule has 0 aliphatic rings. The maximum atomic E-state index is 11.0. The Bertz CT molecular complexity index is 237. The fourth-order valence-corrected chi connectivity index (χ4v) is 0.670. The Kier molecular flexibility index (Phi) is 5.55. The molecular formula is C9H15NO4. The monoisotopic (exact) mass is 201 g/mol. The lowest BCUT2D eigenvalue weighted by Gasteiger charge is -2.14. The van der Waals surface area contributed by atoms with Crippen molar-refractivity contribution in [1.29, 1.82) is 0 Å². The van der Waals surface area contributed by atoms with Gasteiger partial charge in [-0.3, -0.25) is 14.8 Å². The Balaban J connectivity index is 3.74. The van der Waals surface area contributed by atoms with E-state index in [9.17, 15) is 9.59 Å². The van der Waals surface area contributed by atoms with Crippen LogP contribution in [0.1, 0.15) is 20.3 Å². The second kappa shape index (κ2) is 6.15. The van der Waals surface area contributed by atoms with Gasteiger partial charge in [0.2, 0.25) is 0 Å². The van der Waals surface area contributed by atoms with Crippen molar-refractivity contribution in [2.75, 3.05) is 13.2 Å². The first-order valence-corrected chi connectivity index (χ1v) is 4.31. The molecule has 0 bridgehead atoms. The molecule has 0 aromatic carbocycles. The summed E-state index contributed by atoms with van der Waals surface area (Å²) in [5.74, 6) is -0.932. The summed E-state index contributed by atoms with van der Waals surface area (Å²) in [6.45, 7) is 6.48. The fraction of sp³-hybridized carbons (Fsp3) is 0.556. The largest absolute Gasteiger partial charge is 0.464 e. The summed E-state index contributed by atoms with van der Waals surface area (Å²) < 4.78 is 4.67. The molecule has 0 spiro atoms. The van der Waals surface area contributed by atoms with Gasteiger partial charge in [0.25, 0.3) is 5.91 Å². The van der Waals surface area contributed by atoms with E-state index in [1.807, 2.05) is 0 Å². The molecule has 80 valence electrons. The van der Waals surface area contributed by atoms with Crippen molar-refractivity contribution in [1.82, 2.24) is 5.06 Å². The molecule has 0 atom stereocenters. The summed E-state index contributed by atoms with van der Waals surface area (Å²) in [5.41, 5.74) is 0.231. The van der Waals surface area contributed by atoms with Crippen LogP contribution in [-0.2, 0) is 14.3 Å². The van der Waals surface area contributed by atoms with Gasteiger partial charge in [-0.1, -0.05) is 13.5 Å². The molecule has 5 nitrogen and oxygen atoms in total. The number of esters is 1. The Morgan fingerprint density at radius 3 is 2.50 bits per heavy atom. The maximum Gasteiger partial charge on any atom is 0.305 e. The number of carbonyl (C=O) groups excluding carboxylic acids is 2. The zero-order chi connectivity index (χ0) is 11.1. The topological polar surface area (TPSA) is 66.8 Å². The number of rotatable bonds is 5. The van der Waals surface area contributed by atoms with Crippen molar-refractivity contribution in [3.05, 3.63) is 12.2 Å². The summed E-state index contributed by atoms with van der Waals surface area (Å²) in [6.07, 6.45) is 0.278. The van der Waals surface area contributed by atoms with Gasteiger partial charge in [-0.2, -0.15) is 0 Å². The van der Waals surface area contributed by atoms with Crippen molar-refractivity contribution >= 4 is 11.9 Å². The Morgan fingerprint density at radius 2 is 2.07 bits per heavy atom. The fourth-order valence-electron chi connectivity index (χ4n) is 0.670. The highest BCUT2D eigenvalue weighted by atomic mass is 16.5. The minimum Gasteiger partial charge on any atom is -0.464 e. The summed E-state index contributed by atoms with van der Waals surface area (Å²) in [7, 11) is 0. The summed E-state index contributed by atoms with van der Waals surface area (Å²) in [6, 6.07) is 0. The predicted octanol–water partition coefficient (Wildman–Crippen LogP) is 0.733. The van der Waals surface area contributed by atoms with Crippen molar-refractivity contribution < 1.29 is 19.5 Å². The first kappa shape index (κ1) is 12.6. The van der Waals surface area contributed by atoms with E-state index in [1.54, 1.807) is 6.92 Å². The van der Waals surface area contributed by atoms with Crippen LogP contribution in [0.2, 0.25) is 0 Å². The smallest absolute Gasteiger partial charge is 0.305 e. The molecular weight excluding hydrogens is 186 g/mol. The van der Waals surface area contributed by atoms with Crippen LogP contribution in [0.15, 0.2) is 12.2 Å². The lowest BCUT2D eigenvalue weighted by molar-refractivity contribution is -0.166. The summed E-state index contributed by atoms with van der Waals surface area (Å²) in [5, 5.41) is 9.58. The van der Waals surface area contributed by atoms with Crippen LogP contribution in [-0.4, -0.2) is 35.3 Å². The SMILES string of the molecule is C=C(C)C(=O)N(O)CCOC(=O)CC. The highest BCUT2D eigenvalue weighted by Gasteiger charge is 2.11. The number of hydrogen-bond donors (Lipinski definition) is 1. The number of carbonyl (C=O) groups is 2. The van der Waals surface area contributed by atoms with E-state index in [4.69, 9.17) is 5.21 Å². The number of amides is 1. The van der Waals surface area contributed by atoms with Crippen LogP contribution < -0.4 is 0 Å². The number of hydrogen-bond acceptors (Lipinski definition) is 4. The average molecular weight is 201 g/mol. The Hall–Kier alpha value is -1.36. The zero-order valence-electron chi connectivity index (χ0n) is 8.45. The van der Waals surface area contributed by atoms with Gasteiger partial charge in [0.1, 0.15) is 6.61 Å². The first-order valence-electron chi connectivity index (χ1n) is 4.31. The predicted molar refractivity (Wildman–Crippen MR) is 49.6 cm³/mol. The van der Waals surface area contributed by atoms with Crippen LogP contribution in [0.3, 0.4) is 0 Å². The normalized spacial score (nSPS) is 9.36. The van der Waals surface area contributed by atoms with E-state index in [1.165, 1.54) is 6.92 Å². The van der Waals surface area contributed by atoms with Gasteiger partial charge in [-0.05, 0) is 6.92 Å². The third-order valence-electron chi connectivity index (χ3n) is 1.45. The van der Waals surface area contributed by atoms with Crippen LogP contribution in [0, 0.1) is 0 Å². The molecule has 0 saturated heterocycles. The molecule has 14 heavy (non-hydrogen) atoms. The van der Waals surface area contributed by atoms with Crippen molar-refractivity contribution in [3.63, 3.8) is 0 Å². The molecule has 0 unspecified atom stereocenters. The van der Waals surface area contributed by atoms with Crippen molar-refractivity contribution in [3.8, 4) is 0 Å². The van der Waals surface area contributed by atoms with E-state index in [0.717, 1.165) is 0 Å². The summed E-state index contributed by atoms with van der Waals surface area (Å²) >= 11 is 0. The Morgan fingerprint density at radius 1 is 1.50 bits per heavy atom. The number of hydroxylamine groups is 2. The highest BCUT2D eigenvalue weighted by Crippen LogP contribution is 1.95. The molecule has 0 aliphatic heterocycles. The van der Waals surface area contributed by atoms with Crippen LogP contribution in [0.5, 0.6) is 0 Å². The van der Waals surface area contributed by atoms with Gasteiger partial charge < -0.3 is 4.74 Å². The minimum absolute atomic E-state index is 0.0117. The van der Waals surface area contributed by atoms with Crippen molar-refractivity contribution in [2.24, 2.45) is 0 Å².